The molecule has 12 heavy (non-hydrogen) atoms. The lowest BCUT2D eigenvalue weighted by Gasteiger charge is -2.00. The van der Waals surface area contributed by atoms with Crippen molar-refractivity contribution in [1.29, 1.82) is 0 Å². The molecule has 0 saturated heterocycles. The Bertz CT molecular complexity index is 301. The number of rotatable bonds is 3. The highest BCUT2D eigenvalue weighted by atomic mass is 16.1. The molecular weight excluding hydrogens is 152 g/mol. The summed E-state index contributed by atoms with van der Waals surface area (Å²) in [6.45, 7) is 5.39. The number of aryl methyl sites for hydroxylation is 1. The zero-order valence-electron chi connectivity index (χ0n) is 7.32. The van der Waals surface area contributed by atoms with E-state index in [1.807, 2.05) is 6.92 Å². The van der Waals surface area contributed by atoms with Gasteiger partial charge in [0, 0.05) is 19.2 Å². The molecular formula is C9H12N2O. The Morgan fingerprint density at radius 1 is 1.83 bits per heavy atom. The van der Waals surface area contributed by atoms with Gasteiger partial charge in [-0.1, -0.05) is 13.0 Å². The largest absolute Gasteiger partial charge is 0.293 e. The average molecular weight is 164 g/mol. The molecule has 1 aromatic rings. The van der Waals surface area contributed by atoms with E-state index in [1.54, 1.807) is 30.2 Å². The van der Waals surface area contributed by atoms with Crippen LogP contribution in [0.1, 0.15) is 17.3 Å². The van der Waals surface area contributed by atoms with E-state index in [9.17, 15) is 4.79 Å². The van der Waals surface area contributed by atoms with Gasteiger partial charge in [0.05, 0.1) is 11.8 Å². The molecule has 0 aliphatic heterocycles. The highest BCUT2D eigenvalue weighted by Gasteiger charge is 2.12. The minimum atomic E-state index is -0.130. The molecule has 0 aliphatic rings. The van der Waals surface area contributed by atoms with Crippen LogP contribution in [-0.2, 0) is 7.05 Å². The average Bonchev–Trinajstić information content (AvgIpc) is 2.49. The van der Waals surface area contributed by atoms with E-state index in [-0.39, 0.29) is 11.7 Å². The third kappa shape index (κ3) is 1.61. The van der Waals surface area contributed by atoms with Crippen LogP contribution in [0.5, 0.6) is 0 Å². The maximum atomic E-state index is 11.5. The van der Waals surface area contributed by atoms with E-state index in [0.717, 1.165) is 0 Å². The number of carbonyl (C=O) groups is 1. The Balaban J connectivity index is 2.84. The van der Waals surface area contributed by atoms with Gasteiger partial charge in [-0.05, 0) is 0 Å². The number of Topliss-reactive ketones (excluding diaryl/α,β-unsaturated/α-hetero) is 1. The normalized spacial score (nSPS) is 12.5. The fourth-order valence-corrected chi connectivity index (χ4v) is 0.918. The minimum Gasteiger partial charge on any atom is -0.293 e. The van der Waals surface area contributed by atoms with Gasteiger partial charge in [0.1, 0.15) is 0 Å². The molecule has 0 aliphatic carbocycles. The van der Waals surface area contributed by atoms with Crippen molar-refractivity contribution in [3.05, 3.63) is 30.6 Å². The molecule has 1 aromatic heterocycles. The second-order valence-corrected chi connectivity index (χ2v) is 2.79. The molecule has 0 aromatic carbocycles. The van der Waals surface area contributed by atoms with Crippen molar-refractivity contribution in [2.24, 2.45) is 13.0 Å². The zero-order valence-corrected chi connectivity index (χ0v) is 7.32. The topological polar surface area (TPSA) is 34.9 Å². The highest BCUT2D eigenvalue weighted by molar-refractivity contribution is 5.98. The van der Waals surface area contributed by atoms with Crippen LogP contribution >= 0.6 is 0 Å². The van der Waals surface area contributed by atoms with Crippen LogP contribution in [0.25, 0.3) is 0 Å². The molecule has 1 atom stereocenters. The molecule has 0 bridgehead atoms. The van der Waals surface area contributed by atoms with Gasteiger partial charge in [-0.25, -0.2) is 0 Å². The summed E-state index contributed by atoms with van der Waals surface area (Å²) in [6.07, 6.45) is 4.92. The fraction of sp³-hybridized carbons (Fsp3) is 0.333. The standard InChI is InChI=1S/C9H12N2O/c1-4-7(2)9(12)8-5-10-11(3)6-8/h4-7H,1H2,2-3H3. The van der Waals surface area contributed by atoms with Crippen molar-refractivity contribution >= 4 is 5.78 Å². The van der Waals surface area contributed by atoms with Crippen LogP contribution in [0.2, 0.25) is 0 Å². The van der Waals surface area contributed by atoms with Crippen molar-refractivity contribution in [3.8, 4) is 0 Å². The Hall–Kier alpha value is -1.38. The molecule has 3 nitrogen and oxygen atoms in total. The Morgan fingerprint density at radius 2 is 2.50 bits per heavy atom. The Morgan fingerprint density at radius 3 is 2.92 bits per heavy atom. The van der Waals surface area contributed by atoms with Crippen LogP contribution in [0.3, 0.4) is 0 Å². The molecule has 1 unspecified atom stereocenters. The number of ketones is 1. The minimum absolute atomic E-state index is 0.0677. The lowest BCUT2D eigenvalue weighted by molar-refractivity contribution is 0.0953. The van der Waals surface area contributed by atoms with Gasteiger partial charge >= 0.3 is 0 Å². The van der Waals surface area contributed by atoms with Crippen molar-refractivity contribution in [2.75, 3.05) is 0 Å². The summed E-state index contributed by atoms with van der Waals surface area (Å²) in [5, 5.41) is 3.92. The maximum Gasteiger partial charge on any atom is 0.172 e. The molecule has 1 heterocycles. The van der Waals surface area contributed by atoms with Gasteiger partial charge in [0.25, 0.3) is 0 Å². The summed E-state index contributed by atoms with van der Waals surface area (Å²) >= 11 is 0. The smallest absolute Gasteiger partial charge is 0.172 e. The summed E-state index contributed by atoms with van der Waals surface area (Å²) < 4.78 is 1.61. The van der Waals surface area contributed by atoms with Crippen LogP contribution in [0.4, 0.5) is 0 Å². The van der Waals surface area contributed by atoms with Crippen molar-refractivity contribution in [3.63, 3.8) is 0 Å². The molecule has 0 amide bonds. The number of aromatic nitrogens is 2. The SMILES string of the molecule is C=CC(C)C(=O)c1cnn(C)c1. The van der Waals surface area contributed by atoms with Gasteiger partial charge in [0.15, 0.2) is 5.78 Å². The van der Waals surface area contributed by atoms with Crippen LogP contribution in [0, 0.1) is 5.92 Å². The van der Waals surface area contributed by atoms with Gasteiger partial charge in [-0.15, -0.1) is 6.58 Å². The van der Waals surface area contributed by atoms with E-state index in [4.69, 9.17) is 0 Å². The molecule has 1 rings (SSSR count). The second kappa shape index (κ2) is 3.34. The summed E-state index contributed by atoms with van der Waals surface area (Å²) in [6, 6.07) is 0. The van der Waals surface area contributed by atoms with Gasteiger partial charge in [-0.2, -0.15) is 5.10 Å². The third-order valence-corrected chi connectivity index (χ3v) is 1.76. The lowest BCUT2D eigenvalue weighted by Crippen LogP contribution is -2.07. The van der Waals surface area contributed by atoms with E-state index in [0.29, 0.717) is 5.56 Å². The molecule has 3 heteroatoms. The predicted molar refractivity (Wildman–Crippen MR) is 46.9 cm³/mol. The molecule has 0 radical (unpaired) electrons. The molecule has 0 spiro atoms. The highest BCUT2D eigenvalue weighted by Crippen LogP contribution is 2.07. The maximum absolute atomic E-state index is 11.5. The quantitative estimate of drug-likeness (QED) is 0.500. The first kappa shape index (κ1) is 8.71. The van der Waals surface area contributed by atoms with E-state index >= 15 is 0 Å². The zero-order chi connectivity index (χ0) is 9.14. The van der Waals surface area contributed by atoms with Crippen molar-refractivity contribution < 1.29 is 4.79 Å². The molecule has 0 N–H and O–H groups in total. The lowest BCUT2D eigenvalue weighted by atomic mass is 10.0. The summed E-state index contributed by atoms with van der Waals surface area (Å²) in [7, 11) is 1.79. The predicted octanol–water partition coefficient (Wildman–Crippen LogP) is 1.42. The van der Waals surface area contributed by atoms with Crippen molar-refractivity contribution in [2.45, 2.75) is 6.92 Å². The summed E-state index contributed by atoms with van der Waals surface area (Å²) in [4.78, 5) is 11.5. The number of nitrogens with zero attached hydrogens (tertiary/aromatic N) is 2. The van der Waals surface area contributed by atoms with Gasteiger partial charge in [-0.3, -0.25) is 9.48 Å². The van der Waals surface area contributed by atoms with Crippen LogP contribution in [-0.4, -0.2) is 15.6 Å². The first-order chi connectivity index (χ1) is 5.65. The Kier molecular flexibility index (Phi) is 2.43. The summed E-state index contributed by atoms with van der Waals surface area (Å²) in [5.41, 5.74) is 0.643. The second-order valence-electron chi connectivity index (χ2n) is 2.79. The third-order valence-electron chi connectivity index (χ3n) is 1.76. The van der Waals surface area contributed by atoms with E-state index in [2.05, 4.69) is 11.7 Å². The van der Waals surface area contributed by atoms with Gasteiger partial charge < -0.3 is 0 Å². The monoisotopic (exact) mass is 164 g/mol. The first-order valence-electron chi connectivity index (χ1n) is 3.80. The molecule has 0 saturated carbocycles. The molecule has 64 valence electrons. The van der Waals surface area contributed by atoms with Crippen molar-refractivity contribution in [1.82, 2.24) is 9.78 Å². The fourth-order valence-electron chi connectivity index (χ4n) is 0.918. The summed E-state index contributed by atoms with van der Waals surface area (Å²) in [5.74, 6) is -0.0627. The molecule has 0 fully saturated rings. The number of carbonyl (C=O) groups excluding carboxylic acids is 1. The van der Waals surface area contributed by atoms with E-state index < -0.39 is 0 Å². The van der Waals surface area contributed by atoms with Crippen LogP contribution < -0.4 is 0 Å². The van der Waals surface area contributed by atoms with Crippen LogP contribution in [0.15, 0.2) is 25.0 Å². The number of allylic oxidation sites excluding steroid dienone is 1. The number of hydrogen-bond acceptors (Lipinski definition) is 2. The Labute approximate surface area is 71.7 Å². The van der Waals surface area contributed by atoms with E-state index in [1.165, 1.54) is 0 Å². The first-order valence-corrected chi connectivity index (χ1v) is 3.80. The number of hydrogen-bond donors (Lipinski definition) is 0. The van der Waals surface area contributed by atoms with Gasteiger partial charge in [0.2, 0.25) is 0 Å².